The highest BCUT2D eigenvalue weighted by Gasteiger charge is 2.62. The first-order valence-electron chi connectivity index (χ1n) is 13.2. The molecule has 0 aliphatic heterocycles. The minimum Gasteiger partial charge on any atom is -0.480 e. The van der Waals surface area contributed by atoms with Crippen LogP contribution < -0.4 is 5.32 Å². The number of carboxylic acid groups (broad SMARTS) is 1. The standard InChI is InChI=1S/C27H42N2O5S/c1-25-11-7-18(29-34-16-23(30)28-22(24(31)32)10-14-35-4)15-17(25)5-6-19-20(25)8-12-26(2)21(19)9-13-27(26,3)33/h15,19-22,33H,5-14,16H2,1-4H3,(H,28,30)(H,31,32)/b29-18+/t19-,20?,21?,22?,25+,26+,27+/m1/s1. The van der Waals surface area contributed by atoms with Crippen molar-refractivity contribution in [2.75, 3.05) is 18.6 Å². The van der Waals surface area contributed by atoms with Crippen LogP contribution in [0.2, 0.25) is 0 Å². The Hall–Kier alpha value is -1.54. The maximum absolute atomic E-state index is 12.2. The summed E-state index contributed by atoms with van der Waals surface area (Å²) in [5.41, 5.74) is 1.98. The Balaban J connectivity index is 1.37. The van der Waals surface area contributed by atoms with E-state index in [-0.39, 0.29) is 17.4 Å². The SMILES string of the molecule is CSCCC(NC(=O)CO/N=C1/C=C2CC[C@@H]3C(CC[C@@]4(C)C3CC[C@]4(C)O)[C@@]2(C)CC1)C(=O)O. The number of hydrogen-bond acceptors (Lipinski definition) is 6. The second-order valence-corrected chi connectivity index (χ2v) is 12.9. The summed E-state index contributed by atoms with van der Waals surface area (Å²) < 4.78 is 0. The van der Waals surface area contributed by atoms with Crippen LogP contribution in [0, 0.1) is 28.6 Å². The second-order valence-electron chi connectivity index (χ2n) is 11.9. The molecule has 0 saturated heterocycles. The molecule has 35 heavy (non-hydrogen) atoms. The van der Waals surface area contributed by atoms with E-state index in [1.807, 2.05) is 6.26 Å². The average Bonchev–Trinajstić information content (AvgIpc) is 3.05. The first-order valence-corrected chi connectivity index (χ1v) is 14.5. The molecule has 0 aromatic carbocycles. The first kappa shape index (κ1) is 26.5. The number of carboxylic acids is 1. The van der Waals surface area contributed by atoms with Crippen LogP contribution in [0.1, 0.15) is 78.6 Å². The summed E-state index contributed by atoms with van der Waals surface area (Å²) in [6.45, 7) is 6.53. The number of hydrogen-bond donors (Lipinski definition) is 3. The van der Waals surface area contributed by atoms with Gasteiger partial charge in [0.25, 0.3) is 5.91 Å². The van der Waals surface area contributed by atoms with E-state index in [2.05, 4.69) is 37.3 Å². The number of thioether (sulfide) groups is 1. The summed E-state index contributed by atoms with van der Waals surface area (Å²) in [5.74, 6) is 1.10. The van der Waals surface area contributed by atoms with Crippen LogP contribution >= 0.6 is 11.8 Å². The van der Waals surface area contributed by atoms with Gasteiger partial charge in [-0.25, -0.2) is 4.79 Å². The van der Waals surface area contributed by atoms with Crippen molar-refractivity contribution < 1.29 is 24.6 Å². The van der Waals surface area contributed by atoms with Gasteiger partial charge in [0.15, 0.2) is 6.61 Å². The quantitative estimate of drug-likeness (QED) is 0.421. The van der Waals surface area contributed by atoms with Crippen LogP contribution in [0.5, 0.6) is 0 Å². The van der Waals surface area contributed by atoms with E-state index in [1.54, 1.807) is 11.8 Å². The van der Waals surface area contributed by atoms with Crippen molar-refractivity contribution in [3.63, 3.8) is 0 Å². The van der Waals surface area contributed by atoms with E-state index in [0.717, 1.165) is 44.2 Å². The molecule has 1 amide bonds. The van der Waals surface area contributed by atoms with Crippen LogP contribution in [-0.4, -0.2) is 58.1 Å². The average molecular weight is 507 g/mol. The molecule has 0 bridgehead atoms. The van der Waals surface area contributed by atoms with E-state index in [0.29, 0.717) is 29.9 Å². The van der Waals surface area contributed by atoms with Crippen LogP contribution in [0.4, 0.5) is 0 Å². The Morgan fingerprint density at radius 2 is 1.91 bits per heavy atom. The summed E-state index contributed by atoms with van der Waals surface area (Å²) in [5, 5.41) is 27.1. The number of carbonyl (C=O) groups is 2. The van der Waals surface area contributed by atoms with Gasteiger partial charge in [-0.3, -0.25) is 4.79 Å². The molecule has 7 atom stereocenters. The van der Waals surface area contributed by atoms with Gasteiger partial charge in [0.05, 0.1) is 11.3 Å². The lowest BCUT2D eigenvalue weighted by atomic mass is 9.46. The van der Waals surface area contributed by atoms with Gasteiger partial charge in [0.2, 0.25) is 0 Å². The molecule has 8 heteroatoms. The van der Waals surface area contributed by atoms with Crippen LogP contribution in [0.3, 0.4) is 0 Å². The molecule has 3 N–H and O–H groups in total. The molecule has 0 heterocycles. The van der Waals surface area contributed by atoms with E-state index < -0.39 is 23.5 Å². The zero-order valence-electron chi connectivity index (χ0n) is 21.6. The lowest BCUT2D eigenvalue weighted by molar-refractivity contribution is -0.142. The molecule has 0 aromatic rings. The monoisotopic (exact) mass is 506 g/mol. The predicted octanol–water partition coefficient (Wildman–Crippen LogP) is 4.40. The molecule has 4 rings (SSSR count). The zero-order chi connectivity index (χ0) is 25.4. The molecule has 3 saturated carbocycles. The number of aliphatic hydroxyl groups is 1. The van der Waals surface area contributed by atoms with Crippen LogP contribution in [0.25, 0.3) is 0 Å². The summed E-state index contributed by atoms with van der Waals surface area (Å²) in [4.78, 5) is 28.8. The molecular formula is C27H42N2O5S. The van der Waals surface area contributed by atoms with Gasteiger partial charge in [-0.2, -0.15) is 11.8 Å². The molecule has 0 spiro atoms. The minimum atomic E-state index is -1.03. The Bertz CT molecular complexity index is 902. The normalized spacial score (nSPS) is 40.2. The van der Waals surface area contributed by atoms with Crippen molar-refractivity contribution >= 4 is 29.4 Å². The van der Waals surface area contributed by atoms with Gasteiger partial charge in [-0.15, -0.1) is 0 Å². The Labute approximate surface area is 213 Å². The highest BCUT2D eigenvalue weighted by molar-refractivity contribution is 7.98. The fourth-order valence-corrected chi connectivity index (χ4v) is 8.26. The molecule has 0 radical (unpaired) electrons. The number of amides is 1. The fourth-order valence-electron chi connectivity index (χ4n) is 7.79. The molecule has 4 aliphatic carbocycles. The topological polar surface area (TPSA) is 108 Å². The van der Waals surface area contributed by atoms with Crippen molar-refractivity contribution in [1.82, 2.24) is 5.32 Å². The number of rotatable bonds is 8. The molecule has 3 fully saturated rings. The molecule has 4 aliphatic rings. The van der Waals surface area contributed by atoms with Gasteiger partial charge < -0.3 is 20.4 Å². The minimum absolute atomic E-state index is 0.0382. The highest BCUT2D eigenvalue weighted by atomic mass is 32.2. The van der Waals surface area contributed by atoms with Crippen molar-refractivity contribution in [1.29, 1.82) is 0 Å². The maximum Gasteiger partial charge on any atom is 0.326 e. The van der Waals surface area contributed by atoms with Crippen molar-refractivity contribution in [3.05, 3.63) is 11.6 Å². The number of carbonyl (C=O) groups excluding carboxylic acids is 1. The number of nitrogens with zero attached hydrogens (tertiary/aromatic N) is 1. The number of fused-ring (bicyclic) bond motifs is 5. The van der Waals surface area contributed by atoms with E-state index >= 15 is 0 Å². The summed E-state index contributed by atoms with van der Waals surface area (Å²) in [7, 11) is 0. The van der Waals surface area contributed by atoms with E-state index in [4.69, 9.17) is 4.84 Å². The van der Waals surface area contributed by atoms with Crippen LogP contribution in [-0.2, 0) is 14.4 Å². The number of aliphatic carboxylic acids is 1. The number of oxime groups is 1. The lowest BCUT2D eigenvalue weighted by Gasteiger charge is -2.59. The second kappa shape index (κ2) is 10.1. The highest BCUT2D eigenvalue weighted by Crippen LogP contribution is 2.67. The van der Waals surface area contributed by atoms with E-state index in [9.17, 15) is 19.8 Å². The maximum atomic E-state index is 12.2. The third kappa shape index (κ3) is 4.89. The Kier molecular flexibility index (Phi) is 7.64. The summed E-state index contributed by atoms with van der Waals surface area (Å²) in [6.07, 6.45) is 12.9. The molecule has 3 unspecified atom stereocenters. The molecule has 196 valence electrons. The van der Waals surface area contributed by atoms with Gasteiger partial charge in [-0.05, 0) is 111 Å². The van der Waals surface area contributed by atoms with Gasteiger partial charge >= 0.3 is 5.97 Å². The first-order chi connectivity index (χ1) is 16.5. The summed E-state index contributed by atoms with van der Waals surface area (Å²) >= 11 is 1.55. The molecule has 7 nitrogen and oxygen atoms in total. The van der Waals surface area contributed by atoms with Crippen molar-refractivity contribution in [2.45, 2.75) is 90.2 Å². The van der Waals surface area contributed by atoms with Crippen molar-refractivity contribution in [3.8, 4) is 0 Å². The predicted molar refractivity (Wildman–Crippen MR) is 138 cm³/mol. The smallest absolute Gasteiger partial charge is 0.326 e. The number of nitrogens with one attached hydrogen (secondary N) is 1. The fraction of sp³-hybridized carbons (Fsp3) is 0.815. The van der Waals surface area contributed by atoms with Gasteiger partial charge in [0.1, 0.15) is 6.04 Å². The lowest BCUT2D eigenvalue weighted by Crippen LogP contribution is -2.53. The van der Waals surface area contributed by atoms with E-state index in [1.165, 1.54) is 18.4 Å². The third-order valence-corrected chi connectivity index (χ3v) is 10.8. The third-order valence-electron chi connectivity index (χ3n) is 10.2. The van der Waals surface area contributed by atoms with Gasteiger partial charge in [0, 0.05) is 0 Å². The largest absolute Gasteiger partial charge is 0.480 e. The van der Waals surface area contributed by atoms with Crippen molar-refractivity contribution in [2.24, 2.45) is 33.7 Å². The van der Waals surface area contributed by atoms with Crippen LogP contribution in [0.15, 0.2) is 16.8 Å². The molecular weight excluding hydrogens is 464 g/mol. The Morgan fingerprint density at radius 3 is 2.63 bits per heavy atom. The zero-order valence-corrected chi connectivity index (χ0v) is 22.5. The Morgan fingerprint density at radius 1 is 1.17 bits per heavy atom. The van der Waals surface area contributed by atoms with Gasteiger partial charge in [-0.1, -0.05) is 24.6 Å². The summed E-state index contributed by atoms with van der Waals surface area (Å²) in [6, 6.07) is -0.903. The molecule has 0 aromatic heterocycles. The number of allylic oxidation sites excluding steroid dienone is 2.